The molecule has 0 N–H and O–H groups in total. The summed E-state index contributed by atoms with van der Waals surface area (Å²) in [6.45, 7) is 0. The van der Waals surface area contributed by atoms with Crippen molar-refractivity contribution in [3.63, 3.8) is 0 Å². The van der Waals surface area contributed by atoms with E-state index >= 15 is 0 Å². The fourth-order valence-electron chi connectivity index (χ4n) is 2.21. The Hall–Kier alpha value is -0.930. The standard InChI is InChI=1S/C12H11BrFNO2S/c13-11-5-10(14)2-1-9(11)6-12(7-15)3-4-18(16,17)8-12/h1-2,5H,3-4,6,8H2. The molecule has 2 rings (SSSR count). The number of hydrogen-bond donors (Lipinski definition) is 0. The summed E-state index contributed by atoms with van der Waals surface area (Å²) < 4.78 is 36.6. The molecule has 1 fully saturated rings. The molecular formula is C12H11BrFNO2S. The summed E-state index contributed by atoms with van der Waals surface area (Å²) in [4.78, 5) is 0. The Morgan fingerprint density at radius 1 is 1.50 bits per heavy atom. The van der Waals surface area contributed by atoms with Gasteiger partial charge in [-0.2, -0.15) is 5.26 Å². The number of nitrogens with zero attached hydrogens (tertiary/aromatic N) is 1. The number of nitriles is 1. The minimum absolute atomic E-state index is 0.0549. The first-order chi connectivity index (χ1) is 8.36. The van der Waals surface area contributed by atoms with Crippen LogP contribution in [0.2, 0.25) is 0 Å². The van der Waals surface area contributed by atoms with Crippen molar-refractivity contribution in [3.8, 4) is 6.07 Å². The number of benzene rings is 1. The largest absolute Gasteiger partial charge is 0.229 e. The summed E-state index contributed by atoms with van der Waals surface area (Å²) in [5.41, 5.74) is -0.117. The van der Waals surface area contributed by atoms with E-state index in [4.69, 9.17) is 0 Å². The van der Waals surface area contributed by atoms with Crippen LogP contribution in [-0.4, -0.2) is 19.9 Å². The second kappa shape index (κ2) is 4.63. The van der Waals surface area contributed by atoms with E-state index in [1.807, 2.05) is 0 Å². The smallest absolute Gasteiger partial charge is 0.151 e. The molecule has 6 heteroatoms. The van der Waals surface area contributed by atoms with Gasteiger partial charge in [0.05, 0.1) is 23.0 Å². The molecule has 1 aliphatic rings. The molecule has 18 heavy (non-hydrogen) atoms. The van der Waals surface area contributed by atoms with Crippen molar-refractivity contribution in [2.24, 2.45) is 5.41 Å². The van der Waals surface area contributed by atoms with E-state index in [1.54, 1.807) is 6.07 Å². The topological polar surface area (TPSA) is 57.9 Å². The zero-order valence-corrected chi connectivity index (χ0v) is 11.9. The normalized spacial score (nSPS) is 25.8. The Labute approximate surface area is 114 Å². The lowest BCUT2D eigenvalue weighted by molar-refractivity contribution is 0.450. The summed E-state index contributed by atoms with van der Waals surface area (Å²) in [5, 5.41) is 9.25. The van der Waals surface area contributed by atoms with Crippen molar-refractivity contribution in [1.82, 2.24) is 0 Å². The van der Waals surface area contributed by atoms with Gasteiger partial charge in [-0.3, -0.25) is 0 Å². The summed E-state index contributed by atoms with van der Waals surface area (Å²) >= 11 is 3.24. The first-order valence-electron chi connectivity index (χ1n) is 5.41. The van der Waals surface area contributed by atoms with Crippen LogP contribution < -0.4 is 0 Å². The van der Waals surface area contributed by atoms with E-state index in [2.05, 4.69) is 22.0 Å². The lowest BCUT2D eigenvalue weighted by atomic mass is 9.83. The average molecular weight is 332 g/mol. The van der Waals surface area contributed by atoms with Gasteiger partial charge in [0, 0.05) is 4.47 Å². The van der Waals surface area contributed by atoms with Gasteiger partial charge in [-0.1, -0.05) is 22.0 Å². The van der Waals surface area contributed by atoms with Crippen molar-refractivity contribution in [3.05, 3.63) is 34.1 Å². The van der Waals surface area contributed by atoms with Gasteiger partial charge in [-0.15, -0.1) is 0 Å². The van der Waals surface area contributed by atoms with E-state index in [0.29, 0.717) is 17.3 Å². The van der Waals surface area contributed by atoms with Crippen molar-refractivity contribution >= 4 is 25.8 Å². The van der Waals surface area contributed by atoms with Crippen LogP contribution in [0.5, 0.6) is 0 Å². The second-order valence-electron chi connectivity index (χ2n) is 4.65. The molecule has 1 aliphatic heterocycles. The predicted octanol–water partition coefficient (Wildman–Crippen LogP) is 2.46. The molecule has 1 saturated heterocycles. The molecule has 0 spiro atoms. The third-order valence-corrected chi connectivity index (χ3v) is 5.73. The fraction of sp³-hybridized carbons (Fsp3) is 0.417. The third kappa shape index (κ3) is 2.73. The summed E-state index contributed by atoms with van der Waals surface area (Å²) in [5.74, 6) is -0.421. The lowest BCUT2D eigenvalue weighted by Crippen LogP contribution is -2.23. The Balaban J connectivity index is 2.30. The molecule has 1 atom stereocenters. The Morgan fingerprint density at radius 2 is 2.22 bits per heavy atom. The molecule has 0 aromatic heterocycles. The van der Waals surface area contributed by atoms with Gasteiger partial charge in [0.2, 0.25) is 0 Å². The molecule has 96 valence electrons. The number of halogens is 2. The van der Waals surface area contributed by atoms with E-state index in [-0.39, 0.29) is 17.3 Å². The van der Waals surface area contributed by atoms with Gasteiger partial charge >= 0.3 is 0 Å². The monoisotopic (exact) mass is 331 g/mol. The Kier molecular flexibility index (Phi) is 3.47. The van der Waals surface area contributed by atoms with E-state index in [0.717, 1.165) is 5.56 Å². The third-order valence-electron chi connectivity index (χ3n) is 3.17. The van der Waals surface area contributed by atoms with Crippen LogP contribution in [0.15, 0.2) is 22.7 Å². The highest BCUT2D eigenvalue weighted by Gasteiger charge is 2.42. The van der Waals surface area contributed by atoms with Gasteiger partial charge in [-0.25, -0.2) is 12.8 Å². The van der Waals surface area contributed by atoms with Gasteiger partial charge < -0.3 is 0 Å². The first kappa shape index (κ1) is 13.5. The highest BCUT2D eigenvalue weighted by Crippen LogP contribution is 2.36. The molecule has 1 aromatic rings. The molecule has 0 amide bonds. The van der Waals surface area contributed by atoms with E-state index in [1.165, 1.54) is 12.1 Å². The Bertz CT molecular complexity index is 623. The number of rotatable bonds is 2. The highest BCUT2D eigenvalue weighted by atomic mass is 79.9. The van der Waals surface area contributed by atoms with E-state index < -0.39 is 15.3 Å². The maximum atomic E-state index is 13.0. The van der Waals surface area contributed by atoms with Gasteiger partial charge in [0.25, 0.3) is 0 Å². The minimum Gasteiger partial charge on any atom is -0.229 e. The maximum absolute atomic E-state index is 13.0. The number of sulfone groups is 1. The van der Waals surface area contributed by atoms with Crippen LogP contribution in [0.3, 0.4) is 0 Å². The minimum atomic E-state index is -3.12. The van der Waals surface area contributed by atoms with Crippen molar-refractivity contribution in [1.29, 1.82) is 5.26 Å². The van der Waals surface area contributed by atoms with Crippen LogP contribution in [0.4, 0.5) is 4.39 Å². The van der Waals surface area contributed by atoms with Crippen LogP contribution in [0, 0.1) is 22.6 Å². The molecular weight excluding hydrogens is 321 g/mol. The number of hydrogen-bond acceptors (Lipinski definition) is 3. The lowest BCUT2D eigenvalue weighted by Gasteiger charge is -2.19. The fourth-order valence-corrected chi connectivity index (χ4v) is 4.70. The SMILES string of the molecule is N#CC1(Cc2ccc(F)cc2Br)CCS(=O)(=O)C1. The second-order valence-corrected chi connectivity index (χ2v) is 7.69. The highest BCUT2D eigenvalue weighted by molar-refractivity contribution is 9.10. The average Bonchev–Trinajstić information content (AvgIpc) is 2.59. The van der Waals surface area contributed by atoms with Crippen LogP contribution >= 0.6 is 15.9 Å². The van der Waals surface area contributed by atoms with Crippen molar-refractivity contribution in [2.45, 2.75) is 12.8 Å². The maximum Gasteiger partial charge on any atom is 0.151 e. The summed E-state index contributed by atoms with van der Waals surface area (Å²) in [6, 6.07) is 6.35. The predicted molar refractivity (Wildman–Crippen MR) is 69.1 cm³/mol. The zero-order valence-electron chi connectivity index (χ0n) is 9.49. The van der Waals surface area contributed by atoms with Crippen LogP contribution in [0.1, 0.15) is 12.0 Å². The molecule has 3 nitrogen and oxygen atoms in total. The van der Waals surface area contributed by atoms with Gasteiger partial charge in [-0.05, 0) is 30.5 Å². The molecule has 0 saturated carbocycles. The van der Waals surface area contributed by atoms with Crippen LogP contribution in [-0.2, 0) is 16.3 Å². The first-order valence-corrected chi connectivity index (χ1v) is 8.03. The molecule has 0 aliphatic carbocycles. The van der Waals surface area contributed by atoms with Crippen molar-refractivity contribution < 1.29 is 12.8 Å². The summed E-state index contributed by atoms with van der Waals surface area (Å²) in [6.07, 6.45) is 0.666. The van der Waals surface area contributed by atoms with E-state index in [9.17, 15) is 18.1 Å². The molecule has 1 unspecified atom stereocenters. The van der Waals surface area contributed by atoms with Crippen molar-refractivity contribution in [2.75, 3.05) is 11.5 Å². The quantitative estimate of drug-likeness (QED) is 0.836. The van der Waals surface area contributed by atoms with Crippen LogP contribution in [0.25, 0.3) is 0 Å². The van der Waals surface area contributed by atoms with Gasteiger partial charge in [0.1, 0.15) is 5.82 Å². The Morgan fingerprint density at radius 3 is 2.72 bits per heavy atom. The summed E-state index contributed by atoms with van der Waals surface area (Å²) in [7, 11) is -3.12. The van der Waals surface area contributed by atoms with Gasteiger partial charge in [0.15, 0.2) is 9.84 Å². The molecule has 0 bridgehead atoms. The molecule has 1 heterocycles. The zero-order chi connectivity index (χ0) is 13.4. The molecule has 0 radical (unpaired) electrons. The molecule has 1 aromatic carbocycles.